The molecule has 0 fully saturated rings. The minimum atomic E-state index is -3.74. The zero-order valence-electron chi connectivity index (χ0n) is 11.8. The zero-order valence-corrected chi connectivity index (χ0v) is 15.0. The van der Waals surface area contributed by atoms with Crippen molar-refractivity contribution in [2.75, 3.05) is 0 Å². The van der Waals surface area contributed by atoms with E-state index in [-0.39, 0.29) is 28.6 Å². The third kappa shape index (κ3) is 5.20. The van der Waals surface area contributed by atoms with Crippen LogP contribution in [-0.2, 0) is 14.3 Å². The second kappa shape index (κ2) is 7.65. The summed E-state index contributed by atoms with van der Waals surface area (Å²) in [6.45, 7) is 3.89. The fourth-order valence-corrected chi connectivity index (χ4v) is 2.40. The summed E-state index contributed by atoms with van der Waals surface area (Å²) in [7, 11) is -3.74. The molecule has 0 unspecified atom stereocenters. The smallest absolute Gasteiger partial charge is 0.338 e. The Balaban J connectivity index is 0.00000220. The van der Waals surface area contributed by atoms with Crippen molar-refractivity contribution < 1.29 is 12.6 Å². The van der Waals surface area contributed by atoms with Gasteiger partial charge in [0.15, 0.2) is 0 Å². The maximum absolute atomic E-state index is 11.9. The van der Waals surface area contributed by atoms with Crippen LogP contribution in [0.15, 0.2) is 59.7 Å². The van der Waals surface area contributed by atoms with E-state index in [1.54, 1.807) is 18.2 Å². The van der Waals surface area contributed by atoms with Crippen molar-refractivity contribution in [3.05, 3.63) is 71.5 Å². The topological polar surface area (TPSA) is 43.4 Å². The summed E-state index contributed by atoms with van der Waals surface area (Å²) in [6.07, 6.45) is 2.81. The summed E-state index contributed by atoms with van der Waals surface area (Å²) in [6, 6.07) is 14.2. The quantitative estimate of drug-likeness (QED) is 0.437. The first-order valence-electron chi connectivity index (χ1n) is 6.20. The second-order valence-electron chi connectivity index (χ2n) is 4.58. The summed E-state index contributed by atoms with van der Waals surface area (Å²) in [5.74, 6) is 0. The van der Waals surface area contributed by atoms with E-state index < -0.39 is 10.1 Å². The molecule has 5 heteroatoms. The van der Waals surface area contributed by atoms with Gasteiger partial charge in [-0.1, -0.05) is 47.5 Å². The average Bonchev–Trinajstić information content (AvgIpc) is 2.41. The molecular weight excluding hydrogens is 400 g/mol. The monoisotopic (exact) mass is 418 g/mol. The molecule has 110 valence electrons. The molecule has 2 aromatic rings. The Kier molecular flexibility index (Phi) is 6.47. The van der Waals surface area contributed by atoms with Crippen molar-refractivity contribution in [3.8, 4) is 0 Å². The molecule has 0 amide bonds. The Bertz CT molecular complexity index is 702. The van der Waals surface area contributed by atoms with Gasteiger partial charge in [-0.05, 0) is 37.6 Å². The van der Waals surface area contributed by atoms with Gasteiger partial charge in [-0.3, -0.25) is 0 Å². The summed E-state index contributed by atoms with van der Waals surface area (Å²) in [5, 5.41) is 0. The van der Waals surface area contributed by atoms with Crippen LogP contribution in [0.4, 0.5) is 0 Å². The van der Waals surface area contributed by atoms with Gasteiger partial charge in [-0.25, -0.2) is 0 Å². The Labute approximate surface area is 142 Å². The Morgan fingerprint density at radius 3 is 1.86 bits per heavy atom. The molecule has 0 aliphatic heterocycles. The number of rotatable bonds is 4. The predicted octanol–water partition coefficient (Wildman–Crippen LogP) is 3.30. The maximum atomic E-state index is 11.9. The molecule has 2 aromatic carbocycles. The van der Waals surface area contributed by atoms with Gasteiger partial charge in [0.05, 0.1) is 0 Å². The van der Waals surface area contributed by atoms with Crippen LogP contribution in [0.25, 0.3) is 6.08 Å². The van der Waals surface area contributed by atoms with Gasteiger partial charge >= 0.3 is 10.1 Å². The molecule has 0 atom stereocenters. The fourth-order valence-electron chi connectivity index (χ4n) is 1.62. The third-order valence-electron chi connectivity index (χ3n) is 2.83. The van der Waals surface area contributed by atoms with Gasteiger partial charge in [0, 0.05) is 23.7 Å². The normalized spacial score (nSPS) is 11.1. The molecule has 0 aromatic heterocycles. The van der Waals surface area contributed by atoms with Crippen LogP contribution in [0.3, 0.4) is 0 Å². The van der Waals surface area contributed by atoms with Gasteiger partial charge < -0.3 is 4.18 Å². The summed E-state index contributed by atoms with van der Waals surface area (Å²) in [5.41, 5.74) is 3.03. The Hall–Kier alpha value is -1.28. The van der Waals surface area contributed by atoms with Crippen molar-refractivity contribution in [1.82, 2.24) is 0 Å². The van der Waals surface area contributed by atoms with Crippen LogP contribution >= 0.6 is 0 Å². The summed E-state index contributed by atoms with van der Waals surface area (Å²) in [4.78, 5) is 0.150. The van der Waals surface area contributed by atoms with Gasteiger partial charge in [0.25, 0.3) is 0 Å². The minimum absolute atomic E-state index is 0. The maximum Gasteiger partial charge on any atom is 0.338 e. The molecule has 2 rings (SSSR count). The molecule has 3 nitrogen and oxygen atoms in total. The summed E-state index contributed by atoms with van der Waals surface area (Å²) >= 11 is 0. The van der Waals surface area contributed by atoms with E-state index in [1.165, 1.54) is 18.4 Å². The van der Waals surface area contributed by atoms with E-state index in [4.69, 9.17) is 4.18 Å². The van der Waals surface area contributed by atoms with Crippen molar-refractivity contribution in [1.29, 1.82) is 0 Å². The molecule has 0 spiro atoms. The summed E-state index contributed by atoms with van der Waals surface area (Å²) < 4.78 is 28.7. The van der Waals surface area contributed by atoms with Crippen LogP contribution in [0.1, 0.15) is 16.7 Å². The molecule has 2 radical (unpaired) electrons. The Morgan fingerprint density at radius 1 is 0.857 bits per heavy atom. The number of hydrogen-bond acceptors (Lipinski definition) is 3. The molecular formula is C16H16O3STe. The predicted molar refractivity (Wildman–Crippen MR) is 85.4 cm³/mol. The SMILES string of the molecule is Cc1ccc(C=COS(=O)(=O)c2ccc(C)cc2)cc1.[Te]. The first-order valence-corrected chi connectivity index (χ1v) is 7.61. The van der Waals surface area contributed by atoms with Crippen molar-refractivity contribution in [3.63, 3.8) is 0 Å². The van der Waals surface area contributed by atoms with Crippen LogP contribution < -0.4 is 0 Å². The van der Waals surface area contributed by atoms with E-state index in [0.29, 0.717) is 0 Å². The average molecular weight is 416 g/mol. The van der Waals surface area contributed by atoms with E-state index in [2.05, 4.69) is 0 Å². The molecule has 0 aliphatic rings. The van der Waals surface area contributed by atoms with Gasteiger partial charge in [0.2, 0.25) is 0 Å². The number of hydrogen-bond donors (Lipinski definition) is 0. The zero-order chi connectivity index (χ0) is 14.6. The fraction of sp³-hybridized carbons (Fsp3) is 0.125. The van der Waals surface area contributed by atoms with E-state index in [1.807, 2.05) is 38.1 Å². The van der Waals surface area contributed by atoms with Crippen LogP contribution in [0.5, 0.6) is 0 Å². The molecule has 0 bridgehead atoms. The van der Waals surface area contributed by atoms with E-state index >= 15 is 0 Å². The van der Waals surface area contributed by atoms with E-state index in [9.17, 15) is 8.42 Å². The largest absolute Gasteiger partial charge is 0.387 e. The van der Waals surface area contributed by atoms with E-state index in [0.717, 1.165) is 16.7 Å². The Morgan fingerprint density at radius 2 is 1.33 bits per heavy atom. The molecule has 0 heterocycles. The van der Waals surface area contributed by atoms with Gasteiger partial charge in [0.1, 0.15) is 11.2 Å². The molecule has 0 saturated heterocycles. The first-order chi connectivity index (χ1) is 9.47. The van der Waals surface area contributed by atoms with Crippen molar-refractivity contribution >= 4 is 39.9 Å². The second-order valence-corrected chi connectivity index (χ2v) is 6.15. The van der Waals surface area contributed by atoms with Gasteiger partial charge in [-0.15, -0.1) is 0 Å². The van der Waals surface area contributed by atoms with Crippen molar-refractivity contribution in [2.45, 2.75) is 18.7 Å². The third-order valence-corrected chi connectivity index (χ3v) is 4.04. The minimum Gasteiger partial charge on any atom is -0.387 e. The molecule has 21 heavy (non-hydrogen) atoms. The van der Waals surface area contributed by atoms with Crippen LogP contribution in [0.2, 0.25) is 0 Å². The number of benzene rings is 2. The first kappa shape index (κ1) is 17.8. The standard InChI is InChI=1S/C16H16O3S.Te/c1-13-3-7-15(8-4-13)11-12-19-20(17,18)16-9-5-14(2)6-10-16;/h3-12H,1-2H3;. The molecule has 0 saturated carbocycles. The number of aryl methyl sites for hydroxylation is 2. The molecule has 0 aliphatic carbocycles. The van der Waals surface area contributed by atoms with Crippen LogP contribution in [-0.4, -0.2) is 32.1 Å². The molecule has 0 N–H and O–H groups in total. The van der Waals surface area contributed by atoms with Crippen molar-refractivity contribution in [2.24, 2.45) is 0 Å². The van der Waals surface area contributed by atoms with Crippen LogP contribution in [0, 0.1) is 13.8 Å². The van der Waals surface area contributed by atoms with Gasteiger partial charge in [-0.2, -0.15) is 8.42 Å².